The Bertz CT molecular complexity index is 1010. The minimum atomic E-state index is -0.00746. The molecule has 4 rings (SSSR count). The van der Waals surface area contributed by atoms with Gasteiger partial charge >= 0.3 is 0 Å². The van der Waals surface area contributed by atoms with Gasteiger partial charge in [-0.2, -0.15) is 4.98 Å². The highest BCUT2D eigenvalue weighted by molar-refractivity contribution is 5.41. The summed E-state index contributed by atoms with van der Waals surface area (Å²) in [4.78, 5) is 11.0. The second kappa shape index (κ2) is 13.9. The average molecular weight is 490 g/mol. The maximum absolute atomic E-state index is 6.27. The standard InChI is InChI=1S/C29H39N5O2/c1-34(2)28-17-18-30-29(33-28)32-26-15-13-25(14-16-26)31-19-27(36-21-24-11-7-4-8-12-24)22-35-20-23-9-5-3-6-10-23/h3-12,17-18,25-27,31H,13-16,19-22H2,1-2H3,(H,30,32,33)/t25?,26?,27-/m0/s1. The van der Waals surface area contributed by atoms with Gasteiger partial charge in [0.15, 0.2) is 0 Å². The first-order valence-corrected chi connectivity index (χ1v) is 12.9. The molecule has 1 atom stereocenters. The summed E-state index contributed by atoms with van der Waals surface area (Å²) in [6.45, 7) is 2.52. The Morgan fingerprint density at radius 2 is 1.50 bits per heavy atom. The van der Waals surface area contributed by atoms with Crippen LogP contribution < -0.4 is 15.5 Å². The molecule has 1 heterocycles. The van der Waals surface area contributed by atoms with E-state index >= 15 is 0 Å². The molecule has 7 heteroatoms. The first-order chi connectivity index (χ1) is 17.7. The van der Waals surface area contributed by atoms with E-state index in [1.807, 2.05) is 67.7 Å². The van der Waals surface area contributed by atoms with Crippen LogP contribution in [0.15, 0.2) is 72.9 Å². The first-order valence-electron chi connectivity index (χ1n) is 12.9. The highest BCUT2D eigenvalue weighted by Gasteiger charge is 2.23. The largest absolute Gasteiger partial charge is 0.374 e. The lowest BCUT2D eigenvalue weighted by molar-refractivity contribution is -0.0299. The molecule has 192 valence electrons. The molecular weight excluding hydrogens is 450 g/mol. The number of hydrogen-bond acceptors (Lipinski definition) is 7. The molecule has 1 aromatic heterocycles. The van der Waals surface area contributed by atoms with Crippen LogP contribution >= 0.6 is 0 Å². The predicted molar refractivity (Wildman–Crippen MR) is 145 cm³/mol. The highest BCUT2D eigenvalue weighted by Crippen LogP contribution is 2.22. The zero-order chi connectivity index (χ0) is 25.0. The van der Waals surface area contributed by atoms with Gasteiger partial charge in [-0.3, -0.25) is 0 Å². The van der Waals surface area contributed by atoms with E-state index in [1.165, 1.54) is 11.1 Å². The van der Waals surface area contributed by atoms with Gasteiger partial charge < -0.3 is 25.0 Å². The third kappa shape index (κ3) is 8.59. The van der Waals surface area contributed by atoms with Crippen molar-refractivity contribution in [3.8, 4) is 0 Å². The van der Waals surface area contributed by atoms with Crippen molar-refractivity contribution < 1.29 is 9.47 Å². The van der Waals surface area contributed by atoms with Crippen LogP contribution in [0.5, 0.6) is 0 Å². The molecule has 2 aromatic carbocycles. The van der Waals surface area contributed by atoms with Crippen molar-refractivity contribution in [3.05, 3.63) is 84.1 Å². The zero-order valence-corrected chi connectivity index (χ0v) is 21.5. The molecule has 3 aromatic rings. The van der Waals surface area contributed by atoms with Crippen LogP contribution in [0.3, 0.4) is 0 Å². The van der Waals surface area contributed by atoms with Crippen LogP contribution in [-0.4, -0.2) is 55.4 Å². The lowest BCUT2D eigenvalue weighted by Crippen LogP contribution is -2.42. The number of ether oxygens (including phenoxy) is 2. The Morgan fingerprint density at radius 1 is 0.861 bits per heavy atom. The lowest BCUT2D eigenvalue weighted by Gasteiger charge is -2.31. The summed E-state index contributed by atoms with van der Waals surface area (Å²) in [5.41, 5.74) is 2.36. The van der Waals surface area contributed by atoms with E-state index in [0.29, 0.717) is 37.9 Å². The third-order valence-electron chi connectivity index (χ3n) is 6.54. The van der Waals surface area contributed by atoms with Gasteiger partial charge in [0.25, 0.3) is 0 Å². The summed E-state index contributed by atoms with van der Waals surface area (Å²) in [5.74, 6) is 1.63. The number of rotatable bonds is 13. The fourth-order valence-electron chi connectivity index (χ4n) is 4.43. The van der Waals surface area contributed by atoms with E-state index in [0.717, 1.165) is 38.0 Å². The number of nitrogens with zero attached hydrogens (tertiary/aromatic N) is 3. The molecule has 2 N–H and O–H groups in total. The predicted octanol–water partition coefficient (Wildman–Crippen LogP) is 4.66. The molecule has 1 saturated carbocycles. The SMILES string of the molecule is CN(C)c1ccnc(NC2CCC(NC[C@@H](COCc3ccccc3)OCc3ccccc3)CC2)n1. The second-order valence-corrected chi connectivity index (χ2v) is 9.65. The van der Waals surface area contributed by atoms with E-state index in [9.17, 15) is 0 Å². The van der Waals surface area contributed by atoms with Gasteiger partial charge in [0, 0.05) is 38.9 Å². The summed E-state index contributed by atoms with van der Waals surface area (Å²) < 4.78 is 12.3. The minimum absolute atomic E-state index is 0.00746. The molecule has 0 spiro atoms. The normalized spacial score (nSPS) is 18.5. The minimum Gasteiger partial charge on any atom is -0.374 e. The molecule has 0 saturated heterocycles. The zero-order valence-electron chi connectivity index (χ0n) is 21.5. The number of benzene rings is 2. The molecule has 1 aliphatic rings. The van der Waals surface area contributed by atoms with Crippen LogP contribution in [0.1, 0.15) is 36.8 Å². The molecular formula is C29H39N5O2. The lowest BCUT2D eigenvalue weighted by atomic mass is 9.91. The van der Waals surface area contributed by atoms with Gasteiger partial charge in [0.05, 0.1) is 25.9 Å². The quantitative estimate of drug-likeness (QED) is 0.362. The van der Waals surface area contributed by atoms with E-state index < -0.39 is 0 Å². The summed E-state index contributed by atoms with van der Waals surface area (Å²) >= 11 is 0. The van der Waals surface area contributed by atoms with E-state index in [2.05, 4.69) is 44.9 Å². The fourth-order valence-corrected chi connectivity index (χ4v) is 4.43. The monoisotopic (exact) mass is 489 g/mol. The molecule has 1 fully saturated rings. The Labute approximate surface area is 215 Å². The molecule has 0 unspecified atom stereocenters. The Balaban J connectivity index is 1.22. The maximum atomic E-state index is 6.27. The van der Waals surface area contributed by atoms with Crippen LogP contribution in [0.25, 0.3) is 0 Å². The summed E-state index contributed by atoms with van der Waals surface area (Å²) in [6.07, 6.45) is 6.21. The van der Waals surface area contributed by atoms with Crippen molar-refractivity contribution in [2.45, 2.75) is 57.1 Å². The smallest absolute Gasteiger partial charge is 0.224 e. The van der Waals surface area contributed by atoms with Crippen LogP contribution in [0, 0.1) is 0 Å². The number of anilines is 2. The Kier molecular flexibility index (Phi) is 10.1. The number of hydrogen-bond donors (Lipinski definition) is 2. The van der Waals surface area contributed by atoms with E-state index in [-0.39, 0.29) is 6.10 Å². The van der Waals surface area contributed by atoms with Crippen LogP contribution in [0.2, 0.25) is 0 Å². The van der Waals surface area contributed by atoms with Gasteiger partial charge in [0.2, 0.25) is 5.95 Å². The second-order valence-electron chi connectivity index (χ2n) is 9.65. The Hall–Kier alpha value is -3.00. The summed E-state index contributed by atoms with van der Waals surface area (Å²) in [5, 5.41) is 7.27. The third-order valence-corrected chi connectivity index (χ3v) is 6.54. The highest BCUT2D eigenvalue weighted by atomic mass is 16.5. The first kappa shape index (κ1) is 26.1. The molecule has 0 bridgehead atoms. The van der Waals surface area contributed by atoms with Gasteiger partial charge in [0.1, 0.15) is 5.82 Å². The summed E-state index contributed by atoms with van der Waals surface area (Å²) in [7, 11) is 3.99. The molecule has 0 aliphatic heterocycles. The molecule has 0 radical (unpaired) electrons. The van der Waals surface area contributed by atoms with Crippen LogP contribution in [0.4, 0.5) is 11.8 Å². The summed E-state index contributed by atoms with van der Waals surface area (Å²) in [6, 6.07) is 23.4. The van der Waals surface area contributed by atoms with Gasteiger partial charge in [-0.15, -0.1) is 0 Å². The molecule has 36 heavy (non-hydrogen) atoms. The van der Waals surface area contributed by atoms with Crippen LogP contribution in [-0.2, 0) is 22.7 Å². The van der Waals surface area contributed by atoms with Gasteiger partial charge in [-0.25, -0.2) is 4.98 Å². The van der Waals surface area contributed by atoms with Crippen molar-refractivity contribution in [1.29, 1.82) is 0 Å². The Morgan fingerprint density at radius 3 is 2.17 bits per heavy atom. The van der Waals surface area contributed by atoms with E-state index in [4.69, 9.17) is 9.47 Å². The molecule has 7 nitrogen and oxygen atoms in total. The van der Waals surface area contributed by atoms with E-state index in [1.54, 1.807) is 0 Å². The average Bonchev–Trinajstić information content (AvgIpc) is 2.92. The van der Waals surface area contributed by atoms with Gasteiger partial charge in [-0.1, -0.05) is 60.7 Å². The maximum Gasteiger partial charge on any atom is 0.224 e. The van der Waals surface area contributed by atoms with Gasteiger partial charge in [-0.05, 0) is 42.9 Å². The van der Waals surface area contributed by atoms with Crippen molar-refractivity contribution >= 4 is 11.8 Å². The number of nitrogens with one attached hydrogen (secondary N) is 2. The van der Waals surface area contributed by atoms with Crippen molar-refractivity contribution in [2.24, 2.45) is 0 Å². The number of aromatic nitrogens is 2. The van der Waals surface area contributed by atoms with Crippen molar-refractivity contribution in [2.75, 3.05) is 37.5 Å². The van der Waals surface area contributed by atoms with Crippen molar-refractivity contribution in [3.63, 3.8) is 0 Å². The van der Waals surface area contributed by atoms with Crippen molar-refractivity contribution in [1.82, 2.24) is 15.3 Å². The fraction of sp³-hybridized carbons (Fsp3) is 0.448. The molecule has 1 aliphatic carbocycles. The topological polar surface area (TPSA) is 71.5 Å². The molecule has 0 amide bonds.